The van der Waals surface area contributed by atoms with Crippen LogP contribution in [0.4, 0.5) is 11.4 Å². The maximum absolute atomic E-state index is 6.20. The molecule has 0 atom stereocenters. The quantitative estimate of drug-likeness (QED) is 0.282. The van der Waals surface area contributed by atoms with E-state index in [0.29, 0.717) is 5.89 Å². The largest absolute Gasteiger partial charge is 0.434 e. The molecule has 34 heavy (non-hydrogen) atoms. The van der Waals surface area contributed by atoms with Gasteiger partial charge in [-0.2, -0.15) is 0 Å². The zero-order valence-electron chi connectivity index (χ0n) is 18.3. The van der Waals surface area contributed by atoms with E-state index in [2.05, 4.69) is 72.0 Å². The molecule has 7 aromatic rings. The molecular formula is C31H20N2O. The van der Waals surface area contributed by atoms with E-state index in [1.54, 1.807) is 0 Å². The third kappa shape index (κ3) is 2.95. The fraction of sp³-hybridized carbons (Fsp3) is 0. The highest BCUT2D eigenvalue weighted by molar-refractivity contribution is 6.25. The lowest BCUT2D eigenvalue weighted by molar-refractivity contribution is 0.621. The Morgan fingerprint density at radius 2 is 1.15 bits per heavy atom. The zero-order chi connectivity index (χ0) is 22.5. The second-order valence-electron chi connectivity index (χ2n) is 8.52. The maximum Gasteiger partial charge on any atom is 0.227 e. The van der Waals surface area contributed by atoms with E-state index >= 15 is 0 Å². The summed E-state index contributed by atoms with van der Waals surface area (Å²) in [5, 5.41) is 11.1. The Kier molecular flexibility index (Phi) is 4.15. The number of para-hydroxylation sites is 1. The van der Waals surface area contributed by atoms with Gasteiger partial charge in [-0.3, -0.25) is 0 Å². The Hall–Kier alpha value is -4.63. The van der Waals surface area contributed by atoms with Gasteiger partial charge in [-0.1, -0.05) is 78.9 Å². The third-order valence-electron chi connectivity index (χ3n) is 6.46. The van der Waals surface area contributed by atoms with Crippen molar-refractivity contribution in [3.05, 3.63) is 115 Å². The van der Waals surface area contributed by atoms with Crippen LogP contribution in [-0.4, -0.2) is 4.98 Å². The van der Waals surface area contributed by atoms with Gasteiger partial charge in [0.1, 0.15) is 5.52 Å². The van der Waals surface area contributed by atoms with E-state index in [1.165, 1.54) is 32.3 Å². The number of nitrogens with zero attached hydrogens (tertiary/aromatic N) is 1. The maximum atomic E-state index is 6.20. The molecule has 6 aromatic carbocycles. The molecule has 0 bridgehead atoms. The number of anilines is 2. The van der Waals surface area contributed by atoms with Gasteiger partial charge in [-0.05, 0) is 68.7 Å². The molecule has 0 unspecified atom stereocenters. The van der Waals surface area contributed by atoms with Crippen molar-refractivity contribution in [3.63, 3.8) is 0 Å². The fourth-order valence-electron chi connectivity index (χ4n) is 4.89. The molecular weight excluding hydrogens is 416 g/mol. The molecule has 7 rings (SSSR count). The van der Waals surface area contributed by atoms with Crippen LogP contribution in [-0.2, 0) is 0 Å². The first-order chi connectivity index (χ1) is 16.8. The van der Waals surface area contributed by atoms with Crippen molar-refractivity contribution in [2.75, 3.05) is 5.32 Å². The van der Waals surface area contributed by atoms with Gasteiger partial charge in [0, 0.05) is 11.3 Å². The summed E-state index contributed by atoms with van der Waals surface area (Å²) in [5.74, 6) is 0.626. The van der Waals surface area contributed by atoms with Crippen molar-refractivity contribution in [2.24, 2.45) is 0 Å². The first kappa shape index (κ1) is 18.9. The van der Waals surface area contributed by atoms with Crippen molar-refractivity contribution < 1.29 is 4.42 Å². The lowest BCUT2D eigenvalue weighted by Crippen LogP contribution is -1.91. The number of nitrogens with one attached hydrogen (secondary N) is 1. The summed E-state index contributed by atoms with van der Waals surface area (Å²) in [6.45, 7) is 0. The highest BCUT2D eigenvalue weighted by Gasteiger charge is 2.13. The molecule has 0 radical (unpaired) electrons. The van der Waals surface area contributed by atoms with Crippen molar-refractivity contribution in [1.82, 2.24) is 4.98 Å². The van der Waals surface area contributed by atoms with Crippen LogP contribution < -0.4 is 5.32 Å². The van der Waals surface area contributed by atoms with Crippen LogP contribution >= 0.6 is 0 Å². The van der Waals surface area contributed by atoms with Crippen LogP contribution in [0, 0.1) is 0 Å². The van der Waals surface area contributed by atoms with Crippen molar-refractivity contribution in [2.45, 2.75) is 0 Å². The molecule has 0 aliphatic carbocycles. The normalized spacial score (nSPS) is 11.5. The Morgan fingerprint density at radius 3 is 1.85 bits per heavy atom. The zero-order valence-corrected chi connectivity index (χ0v) is 18.3. The lowest BCUT2D eigenvalue weighted by atomic mass is 9.94. The van der Waals surface area contributed by atoms with Crippen molar-refractivity contribution in [1.29, 1.82) is 0 Å². The second kappa shape index (κ2) is 7.46. The molecule has 0 amide bonds. The molecule has 3 nitrogen and oxygen atoms in total. The number of rotatable bonds is 3. The first-order valence-corrected chi connectivity index (χ1v) is 11.4. The van der Waals surface area contributed by atoms with Gasteiger partial charge < -0.3 is 9.73 Å². The summed E-state index contributed by atoms with van der Waals surface area (Å²) < 4.78 is 6.20. The van der Waals surface area contributed by atoms with E-state index in [-0.39, 0.29) is 0 Å². The third-order valence-corrected chi connectivity index (χ3v) is 6.46. The summed E-state index contributed by atoms with van der Waals surface area (Å²) in [7, 11) is 0. The van der Waals surface area contributed by atoms with Crippen LogP contribution in [0.25, 0.3) is 54.9 Å². The standard InChI is InChI=1S/C31H20N2O/c1-2-9-20(10-3-1)31-33-29-16-8-15-28(30(29)34-31)32-21-17-18-26-24-13-5-4-11-22(24)23-12-6-7-14-25(23)27(26)19-21/h1-19,32H. The Bertz CT molecular complexity index is 1800. The van der Waals surface area contributed by atoms with E-state index in [0.717, 1.165) is 28.0 Å². The Morgan fingerprint density at radius 1 is 0.529 bits per heavy atom. The Balaban J connectivity index is 1.38. The van der Waals surface area contributed by atoms with Crippen LogP contribution in [0.15, 0.2) is 120 Å². The highest BCUT2D eigenvalue weighted by atomic mass is 16.3. The molecule has 0 saturated carbocycles. The summed E-state index contributed by atoms with van der Waals surface area (Å²) >= 11 is 0. The van der Waals surface area contributed by atoms with E-state index in [9.17, 15) is 0 Å². The smallest absolute Gasteiger partial charge is 0.227 e. The molecule has 1 heterocycles. The van der Waals surface area contributed by atoms with Gasteiger partial charge in [-0.15, -0.1) is 0 Å². The molecule has 160 valence electrons. The number of benzene rings is 6. The second-order valence-corrected chi connectivity index (χ2v) is 8.52. The minimum atomic E-state index is 0.626. The summed E-state index contributed by atoms with van der Waals surface area (Å²) in [5.41, 5.74) is 4.47. The van der Waals surface area contributed by atoms with E-state index in [4.69, 9.17) is 9.40 Å². The number of oxazole rings is 1. The number of hydrogen-bond donors (Lipinski definition) is 1. The average molecular weight is 437 g/mol. The molecule has 1 N–H and O–H groups in total. The van der Waals surface area contributed by atoms with E-state index in [1.807, 2.05) is 48.5 Å². The Labute approximate surface area is 196 Å². The van der Waals surface area contributed by atoms with Crippen LogP contribution in [0.2, 0.25) is 0 Å². The summed E-state index contributed by atoms with van der Waals surface area (Å²) in [6, 6.07) is 39.9. The topological polar surface area (TPSA) is 38.1 Å². The summed E-state index contributed by atoms with van der Waals surface area (Å²) in [6.07, 6.45) is 0. The van der Waals surface area contributed by atoms with Gasteiger partial charge in [-0.25, -0.2) is 4.98 Å². The van der Waals surface area contributed by atoms with Gasteiger partial charge in [0.2, 0.25) is 5.89 Å². The predicted octanol–water partition coefficient (Wildman–Crippen LogP) is 8.70. The fourth-order valence-corrected chi connectivity index (χ4v) is 4.89. The SMILES string of the molecule is c1ccc(-c2nc3cccc(Nc4ccc5c6ccccc6c6ccccc6c5c4)c3o2)cc1. The van der Waals surface area contributed by atoms with Gasteiger partial charge in [0.05, 0.1) is 5.69 Å². The van der Waals surface area contributed by atoms with Crippen LogP contribution in [0.5, 0.6) is 0 Å². The molecule has 3 heteroatoms. The lowest BCUT2D eigenvalue weighted by Gasteiger charge is -2.13. The molecule has 0 fully saturated rings. The first-order valence-electron chi connectivity index (χ1n) is 11.4. The molecule has 1 aromatic heterocycles. The molecule has 0 aliphatic rings. The molecule has 0 aliphatic heterocycles. The highest BCUT2D eigenvalue weighted by Crippen LogP contribution is 2.37. The van der Waals surface area contributed by atoms with Crippen molar-refractivity contribution >= 4 is 54.8 Å². The number of hydrogen-bond acceptors (Lipinski definition) is 3. The van der Waals surface area contributed by atoms with Crippen LogP contribution in [0.3, 0.4) is 0 Å². The van der Waals surface area contributed by atoms with Gasteiger partial charge in [0.15, 0.2) is 5.58 Å². The predicted molar refractivity (Wildman–Crippen MR) is 142 cm³/mol. The molecule has 0 spiro atoms. The number of aromatic nitrogens is 1. The average Bonchev–Trinajstić information content (AvgIpc) is 3.35. The molecule has 0 saturated heterocycles. The van der Waals surface area contributed by atoms with Gasteiger partial charge >= 0.3 is 0 Å². The minimum absolute atomic E-state index is 0.626. The minimum Gasteiger partial charge on any atom is -0.434 e. The van der Waals surface area contributed by atoms with E-state index < -0.39 is 0 Å². The van der Waals surface area contributed by atoms with Crippen LogP contribution in [0.1, 0.15) is 0 Å². The van der Waals surface area contributed by atoms with Gasteiger partial charge in [0.25, 0.3) is 0 Å². The number of fused-ring (bicyclic) bond motifs is 7. The van der Waals surface area contributed by atoms with Crippen molar-refractivity contribution in [3.8, 4) is 11.5 Å². The summed E-state index contributed by atoms with van der Waals surface area (Å²) in [4.78, 5) is 4.70. The monoisotopic (exact) mass is 436 g/mol.